The average molecular weight is 570 g/mol. The van der Waals surface area contributed by atoms with Gasteiger partial charge in [-0.05, 0) is 24.3 Å². The second-order valence-electron chi connectivity index (χ2n) is 8.38. The van der Waals surface area contributed by atoms with Gasteiger partial charge < -0.3 is 13.9 Å². The van der Waals surface area contributed by atoms with E-state index in [2.05, 4.69) is 9.88 Å². The molecule has 0 radical (unpaired) electrons. The van der Waals surface area contributed by atoms with Gasteiger partial charge in [0.05, 0.1) is 36.1 Å². The number of amides is 1. The molecule has 8 nitrogen and oxygen atoms in total. The summed E-state index contributed by atoms with van der Waals surface area (Å²) in [6.07, 6.45) is -4.61. The number of hydrogen-bond donors (Lipinski definition) is 0. The fourth-order valence-electron chi connectivity index (χ4n) is 4.20. The predicted octanol–water partition coefficient (Wildman–Crippen LogP) is 4.83. The number of para-hydroxylation sites is 2. The molecule has 2 aromatic heterocycles. The molecule has 0 unspecified atom stereocenters. The molecule has 202 valence electrons. The number of anilines is 1. The lowest BCUT2D eigenvalue weighted by molar-refractivity contribution is -0.136. The van der Waals surface area contributed by atoms with Crippen molar-refractivity contribution < 1.29 is 31.9 Å². The van der Waals surface area contributed by atoms with E-state index in [1.165, 1.54) is 30.2 Å². The van der Waals surface area contributed by atoms with E-state index in [0.29, 0.717) is 44.0 Å². The van der Waals surface area contributed by atoms with Crippen LogP contribution in [0.2, 0.25) is 0 Å². The first kappa shape index (κ1) is 27.8. The van der Waals surface area contributed by atoms with E-state index in [1.54, 1.807) is 18.2 Å². The highest BCUT2D eigenvalue weighted by atomic mass is 35.5. The summed E-state index contributed by atoms with van der Waals surface area (Å²) >= 11 is 0.959. The molecule has 1 amide bonds. The molecule has 1 fully saturated rings. The molecule has 5 rings (SSSR count). The molecular formula is C25H23ClF3N3O5S. The fraction of sp³-hybridized carbons (Fsp3) is 0.320. The molecule has 0 saturated carbocycles. The van der Waals surface area contributed by atoms with Crippen molar-refractivity contribution in [2.75, 3.05) is 51.4 Å². The summed E-state index contributed by atoms with van der Waals surface area (Å²) in [7, 11) is 1.43. The largest absolute Gasteiger partial charge is 0.493 e. The highest BCUT2D eigenvalue weighted by molar-refractivity contribution is 7.22. The first-order chi connectivity index (χ1) is 17.8. The van der Waals surface area contributed by atoms with Gasteiger partial charge in [-0.15, -0.1) is 12.4 Å². The van der Waals surface area contributed by atoms with E-state index in [1.807, 2.05) is 0 Å². The number of thiazole rings is 1. The summed E-state index contributed by atoms with van der Waals surface area (Å²) < 4.78 is 57.1. The molecular weight excluding hydrogens is 547 g/mol. The highest BCUT2D eigenvalue weighted by Crippen LogP contribution is 2.38. The Bertz CT molecular complexity index is 1520. The Morgan fingerprint density at radius 1 is 1.18 bits per heavy atom. The molecule has 4 aromatic rings. The third kappa shape index (κ3) is 5.48. The summed E-state index contributed by atoms with van der Waals surface area (Å²) in [6.45, 7) is 2.91. The molecule has 13 heteroatoms. The number of carbonyl (C=O) groups is 1. The Hall–Kier alpha value is -3.19. The minimum atomic E-state index is -4.61. The molecule has 1 saturated heterocycles. The molecule has 0 N–H and O–H groups in total. The maximum atomic E-state index is 13.7. The van der Waals surface area contributed by atoms with Gasteiger partial charge in [0.25, 0.3) is 5.91 Å². The van der Waals surface area contributed by atoms with E-state index in [9.17, 15) is 22.8 Å². The zero-order chi connectivity index (χ0) is 26.2. The van der Waals surface area contributed by atoms with Gasteiger partial charge >= 0.3 is 11.8 Å². The van der Waals surface area contributed by atoms with Crippen LogP contribution in [0.3, 0.4) is 0 Å². The van der Waals surface area contributed by atoms with Crippen molar-refractivity contribution in [3.05, 3.63) is 64.0 Å². The minimum Gasteiger partial charge on any atom is -0.493 e. The van der Waals surface area contributed by atoms with Crippen molar-refractivity contribution in [2.24, 2.45) is 0 Å². The number of methoxy groups -OCH3 is 1. The van der Waals surface area contributed by atoms with Crippen LogP contribution >= 0.6 is 23.7 Å². The standard InChI is InChI=1S/C25H22F3N3O5S.ClH/c1-34-18-6-2-4-15-14-16(23(33)36-21(15)18)22(32)31(9-8-30-10-12-35-13-11-30)24-29-20-17(25(26,27)28)5-3-7-19(20)37-24;/h2-7,14H,8-13H2,1H3;1H. The Morgan fingerprint density at radius 2 is 1.92 bits per heavy atom. The van der Waals surface area contributed by atoms with E-state index >= 15 is 0 Å². The van der Waals surface area contributed by atoms with Gasteiger partial charge in [0.15, 0.2) is 16.5 Å². The third-order valence-electron chi connectivity index (χ3n) is 6.11. The lowest BCUT2D eigenvalue weighted by Crippen LogP contribution is -2.44. The number of carbonyl (C=O) groups excluding carboxylic acids is 1. The maximum absolute atomic E-state index is 13.7. The SMILES string of the molecule is COc1cccc2cc(C(=O)N(CCN3CCOCC3)c3nc4c(C(F)(F)F)cccc4s3)c(=O)oc12.Cl. The van der Waals surface area contributed by atoms with Crippen molar-refractivity contribution in [1.82, 2.24) is 9.88 Å². The topological polar surface area (TPSA) is 85.1 Å². The van der Waals surface area contributed by atoms with Crippen LogP contribution in [0.15, 0.2) is 51.7 Å². The summed E-state index contributed by atoms with van der Waals surface area (Å²) in [5.41, 5.74) is -2.06. The fourth-order valence-corrected chi connectivity index (χ4v) is 5.22. The Balaban J connectivity index is 0.00000336. The monoisotopic (exact) mass is 569 g/mol. The van der Waals surface area contributed by atoms with Gasteiger partial charge in [-0.3, -0.25) is 14.6 Å². The predicted molar refractivity (Wildman–Crippen MR) is 140 cm³/mol. The van der Waals surface area contributed by atoms with Gasteiger partial charge in [0.1, 0.15) is 5.56 Å². The van der Waals surface area contributed by atoms with E-state index in [-0.39, 0.29) is 45.4 Å². The number of fused-ring (bicyclic) bond motifs is 2. The molecule has 2 aromatic carbocycles. The molecule has 1 aliphatic rings. The number of ether oxygens (including phenoxy) is 2. The van der Waals surface area contributed by atoms with Crippen LogP contribution in [0.4, 0.5) is 18.3 Å². The van der Waals surface area contributed by atoms with E-state index in [4.69, 9.17) is 13.9 Å². The summed E-state index contributed by atoms with van der Waals surface area (Å²) in [5.74, 6) is -0.372. The maximum Gasteiger partial charge on any atom is 0.418 e. The highest BCUT2D eigenvalue weighted by Gasteiger charge is 2.35. The van der Waals surface area contributed by atoms with Crippen LogP contribution in [0.1, 0.15) is 15.9 Å². The lowest BCUT2D eigenvalue weighted by atomic mass is 10.1. The van der Waals surface area contributed by atoms with Gasteiger partial charge in [0, 0.05) is 31.6 Å². The van der Waals surface area contributed by atoms with Crippen molar-refractivity contribution in [3.8, 4) is 5.75 Å². The minimum absolute atomic E-state index is 0. The summed E-state index contributed by atoms with van der Waals surface area (Å²) in [6, 6.07) is 10.2. The number of halogens is 4. The first-order valence-electron chi connectivity index (χ1n) is 11.5. The van der Waals surface area contributed by atoms with Gasteiger partial charge in [0.2, 0.25) is 0 Å². The molecule has 3 heterocycles. The average Bonchev–Trinajstić information content (AvgIpc) is 3.32. The zero-order valence-corrected chi connectivity index (χ0v) is 21.8. The van der Waals surface area contributed by atoms with Crippen LogP contribution in [0, 0.1) is 0 Å². The quantitative estimate of drug-likeness (QED) is 0.307. The Kier molecular flexibility index (Phi) is 8.26. The second kappa shape index (κ2) is 11.3. The van der Waals surface area contributed by atoms with Crippen molar-refractivity contribution >= 4 is 56.0 Å². The van der Waals surface area contributed by atoms with E-state index in [0.717, 1.165) is 17.4 Å². The summed E-state index contributed by atoms with van der Waals surface area (Å²) in [4.78, 5) is 34.2. The normalized spacial score (nSPS) is 14.4. The number of alkyl halides is 3. The zero-order valence-electron chi connectivity index (χ0n) is 20.1. The molecule has 0 spiro atoms. The van der Waals surface area contributed by atoms with Gasteiger partial charge in [-0.25, -0.2) is 9.78 Å². The number of nitrogens with zero attached hydrogens (tertiary/aromatic N) is 3. The van der Waals surface area contributed by atoms with Gasteiger partial charge in [-0.2, -0.15) is 13.2 Å². The van der Waals surface area contributed by atoms with Crippen LogP contribution < -0.4 is 15.3 Å². The van der Waals surface area contributed by atoms with Crippen LogP contribution in [0.25, 0.3) is 21.2 Å². The van der Waals surface area contributed by atoms with Crippen LogP contribution in [-0.4, -0.2) is 62.3 Å². The first-order valence-corrected chi connectivity index (χ1v) is 12.3. The van der Waals surface area contributed by atoms with Crippen LogP contribution in [0.5, 0.6) is 5.75 Å². The third-order valence-corrected chi connectivity index (χ3v) is 7.15. The second-order valence-corrected chi connectivity index (χ2v) is 9.39. The van der Waals surface area contributed by atoms with Crippen molar-refractivity contribution in [2.45, 2.75) is 6.18 Å². The van der Waals surface area contributed by atoms with Crippen LogP contribution in [-0.2, 0) is 10.9 Å². The lowest BCUT2D eigenvalue weighted by Gasteiger charge is -2.29. The Labute approximate surface area is 225 Å². The molecule has 1 aliphatic heterocycles. The van der Waals surface area contributed by atoms with Crippen molar-refractivity contribution in [1.29, 1.82) is 0 Å². The number of hydrogen-bond acceptors (Lipinski definition) is 8. The number of benzene rings is 2. The molecule has 0 bridgehead atoms. The number of aromatic nitrogens is 1. The molecule has 38 heavy (non-hydrogen) atoms. The van der Waals surface area contributed by atoms with E-state index < -0.39 is 23.3 Å². The molecule has 0 atom stereocenters. The molecule has 0 aliphatic carbocycles. The summed E-state index contributed by atoms with van der Waals surface area (Å²) in [5, 5.41) is 0.536. The van der Waals surface area contributed by atoms with Gasteiger partial charge in [-0.1, -0.05) is 29.5 Å². The smallest absolute Gasteiger partial charge is 0.418 e. The number of morpholine rings is 1. The Morgan fingerprint density at radius 3 is 2.63 bits per heavy atom. The van der Waals surface area contributed by atoms with Crippen molar-refractivity contribution in [3.63, 3.8) is 0 Å². The number of rotatable bonds is 6.